The number of hydrogen-bond acceptors (Lipinski definition) is 6. The topological polar surface area (TPSA) is 132 Å². The molecule has 0 amide bonds. The molecule has 2 aromatic rings. The minimum atomic E-state index is -0.689. The highest BCUT2D eigenvalue weighted by Crippen LogP contribution is 2.06. The van der Waals surface area contributed by atoms with Crippen molar-refractivity contribution in [1.82, 2.24) is 27.4 Å². The van der Waals surface area contributed by atoms with Gasteiger partial charge in [-0.05, 0) is 12.8 Å². The highest BCUT2D eigenvalue weighted by Gasteiger charge is 2.15. The van der Waals surface area contributed by atoms with Crippen LogP contribution in [0.3, 0.4) is 0 Å². The van der Waals surface area contributed by atoms with E-state index in [1.54, 1.807) is 0 Å². The van der Waals surface area contributed by atoms with Crippen LogP contribution in [0.2, 0.25) is 0 Å². The molecule has 0 aliphatic carbocycles. The van der Waals surface area contributed by atoms with Crippen molar-refractivity contribution in [3.63, 3.8) is 0 Å². The van der Waals surface area contributed by atoms with Gasteiger partial charge in [0.1, 0.15) is 0 Å². The molecule has 12 nitrogen and oxygen atoms in total. The molecule has 0 unspecified atom stereocenters. The number of rotatable bonds is 17. The Morgan fingerprint density at radius 3 is 0.816 bits per heavy atom. The molecule has 12 heteroatoms. The lowest BCUT2D eigenvalue weighted by Crippen LogP contribution is -2.54. The van der Waals surface area contributed by atoms with Gasteiger partial charge >= 0.3 is 34.1 Å². The first-order chi connectivity index (χ1) is 18.2. The average molecular weight is 529 g/mol. The summed E-state index contributed by atoms with van der Waals surface area (Å²) in [5.41, 5.74) is -4.02. The lowest BCUT2D eigenvalue weighted by Gasteiger charge is -2.12. The Bertz CT molecular complexity index is 1320. The molecule has 38 heavy (non-hydrogen) atoms. The molecule has 0 fully saturated rings. The summed E-state index contributed by atoms with van der Waals surface area (Å²) in [5, 5.41) is 0. The molecule has 0 spiro atoms. The van der Waals surface area contributed by atoms with Crippen LogP contribution in [0.1, 0.15) is 38.5 Å². The second-order valence-corrected chi connectivity index (χ2v) is 8.72. The first-order valence-corrected chi connectivity index (χ1v) is 12.6. The van der Waals surface area contributed by atoms with Crippen molar-refractivity contribution in [2.24, 2.45) is 0 Å². The van der Waals surface area contributed by atoms with Gasteiger partial charge in [0, 0.05) is 13.1 Å². The van der Waals surface area contributed by atoms with E-state index in [2.05, 4.69) is 26.3 Å². The number of unbranched alkanes of at least 4 members (excludes halogenated alkanes) is 5. The highest BCUT2D eigenvalue weighted by molar-refractivity contribution is 4.86. The van der Waals surface area contributed by atoms with E-state index in [9.17, 15) is 28.8 Å². The van der Waals surface area contributed by atoms with E-state index in [-0.39, 0.29) is 39.3 Å². The Morgan fingerprint density at radius 2 is 0.579 bits per heavy atom. The third-order valence-electron chi connectivity index (χ3n) is 6.03. The van der Waals surface area contributed by atoms with E-state index >= 15 is 0 Å². The molecule has 2 rings (SSSR count). The number of aromatic nitrogens is 6. The van der Waals surface area contributed by atoms with Gasteiger partial charge in [0.15, 0.2) is 0 Å². The lowest BCUT2D eigenvalue weighted by atomic mass is 10.1. The molecule has 0 N–H and O–H groups in total. The smallest absolute Gasteiger partial charge is 0.247 e. The summed E-state index contributed by atoms with van der Waals surface area (Å²) in [5.74, 6) is 0. The zero-order valence-corrected chi connectivity index (χ0v) is 21.8. The fourth-order valence-electron chi connectivity index (χ4n) is 4.14. The molecule has 0 aromatic carbocycles. The van der Waals surface area contributed by atoms with E-state index in [1.807, 2.05) is 0 Å². The summed E-state index contributed by atoms with van der Waals surface area (Å²) in [7, 11) is 0. The van der Waals surface area contributed by atoms with Crippen molar-refractivity contribution in [3.05, 3.63) is 114 Å². The monoisotopic (exact) mass is 528 g/mol. The van der Waals surface area contributed by atoms with Crippen LogP contribution in [0, 0.1) is 0 Å². The van der Waals surface area contributed by atoms with E-state index in [0.717, 1.165) is 53.1 Å². The van der Waals surface area contributed by atoms with Gasteiger partial charge in [-0.2, -0.15) is 0 Å². The minimum Gasteiger partial charge on any atom is -0.247 e. The van der Waals surface area contributed by atoms with Crippen LogP contribution >= 0.6 is 0 Å². The Kier molecular flexibility index (Phi) is 11.5. The lowest BCUT2D eigenvalue weighted by molar-refractivity contribution is 0.445. The van der Waals surface area contributed by atoms with Gasteiger partial charge in [-0.15, -0.1) is 26.3 Å². The first-order valence-electron chi connectivity index (χ1n) is 12.6. The summed E-state index contributed by atoms with van der Waals surface area (Å²) in [4.78, 5) is 75.5. The summed E-state index contributed by atoms with van der Waals surface area (Å²) in [6.45, 7) is 14.6. The average Bonchev–Trinajstić information content (AvgIpc) is 2.89. The van der Waals surface area contributed by atoms with E-state index in [4.69, 9.17) is 0 Å². The third kappa shape index (κ3) is 6.75. The Hall–Kier alpha value is -4.22. The summed E-state index contributed by atoms with van der Waals surface area (Å²) in [6, 6.07) is 0. The third-order valence-corrected chi connectivity index (χ3v) is 6.03. The minimum absolute atomic E-state index is 0.00196. The van der Waals surface area contributed by atoms with Gasteiger partial charge in [0.25, 0.3) is 0 Å². The van der Waals surface area contributed by atoms with E-state index < -0.39 is 34.1 Å². The Balaban J connectivity index is 1.98. The van der Waals surface area contributed by atoms with Gasteiger partial charge in [0.2, 0.25) is 0 Å². The molecule has 0 aliphatic heterocycles. The maximum absolute atomic E-state index is 12.7. The van der Waals surface area contributed by atoms with Crippen LogP contribution in [0.5, 0.6) is 0 Å². The van der Waals surface area contributed by atoms with Crippen LogP contribution < -0.4 is 34.1 Å². The molecule has 0 bridgehead atoms. The van der Waals surface area contributed by atoms with Crippen molar-refractivity contribution >= 4 is 0 Å². The maximum Gasteiger partial charge on any atom is 0.336 e. The number of allylic oxidation sites excluding steroid dienone is 4. The van der Waals surface area contributed by atoms with Crippen molar-refractivity contribution in [2.45, 2.75) is 77.8 Å². The molecule has 0 radical (unpaired) electrons. The molecule has 2 aromatic heterocycles. The van der Waals surface area contributed by atoms with Gasteiger partial charge in [0.05, 0.1) is 26.2 Å². The second kappa shape index (κ2) is 14.5. The quantitative estimate of drug-likeness (QED) is 0.216. The maximum atomic E-state index is 12.7. The van der Waals surface area contributed by atoms with Crippen LogP contribution in [0.25, 0.3) is 0 Å². The summed E-state index contributed by atoms with van der Waals surface area (Å²) < 4.78 is 6.02. The van der Waals surface area contributed by atoms with Crippen molar-refractivity contribution in [3.8, 4) is 0 Å². The van der Waals surface area contributed by atoms with Crippen molar-refractivity contribution < 1.29 is 0 Å². The Morgan fingerprint density at radius 1 is 0.368 bits per heavy atom. The van der Waals surface area contributed by atoms with Crippen molar-refractivity contribution in [2.75, 3.05) is 0 Å². The van der Waals surface area contributed by atoms with Gasteiger partial charge in [-0.3, -0.25) is 0 Å². The summed E-state index contributed by atoms with van der Waals surface area (Å²) >= 11 is 0. The zero-order valence-electron chi connectivity index (χ0n) is 21.8. The zero-order chi connectivity index (χ0) is 28.2. The van der Waals surface area contributed by atoms with E-state index in [0.29, 0.717) is 12.8 Å². The molecule has 0 atom stereocenters. The Labute approximate surface area is 219 Å². The number of hydrogen-bond donors (Lipinski definition) is 0. The van der Waals surface area contributed by atoms with Crippen molar-refractivity contribution in [1.29, 1.82) is 0 Å². The van der Waals surface area contributed by atoms with Gasteiger partial charge < -0.3 is 0 Å². The molecule has 2 heterocycles. The SMILES string of the molecule is C=CCn1c(=O)n(CC=C)c(=O)n(CCCCCCCCn2c(=O)n(CC=C)c(=O)n(CC=C)c2=O)c1=O. The molecule has 0 saturated carbocycles. The van der Waals surface area contributed by atoms with Crippen LogP contribution in [-0.4, -0.2) is 27.4 Å². The van der Waals surface area contributed by atoms with Crippen LogP contribution in [0.15, 0.2) is 79.4 Å². The van der Waals surface area contributed by atoms with Gasteiger partial charge in [-0.25, -0.2) is 56.2 Å². The molecular formula is C26H36N6O6. The van der Waals surface area contributed by atoms with Crippen LogP contribution in [0.4, 0.5) is 0 Å². The second-order valence-electron chi connectivity index (χ2n) is 8.72. The summed E-state index contributed by atoms with van der Waals surface area (Å²) in [6.07, 6.45) is 9.93. The largest absolute Gasteiger partial charge is 0.336 e. The van der Waals surface area contributed by atoms with E-state index in [1.165, 1.54) is 24.3 Å². The predicted molar refractivity (Wildman–Crippen MR) is 147 cm³/mol. The fourth-order valence-corrected chi connectivity index (χ4v) is 4.14. The molecule has 206 valence electrons. The van der Waals surface area contributed by atoms with Crippen LogP contribution in [-0.2, 0) is 39.3 Å². The number of nitrogens with zero attached hydrogens (tertiary/aromatic N) is 6. The fraction of sp³-hybridized carbons (Fsp3) is 0.462. The van der Waals surface area contributed by atoms with Gasteiger partial charge in [-0.1, -0.05) is 50.0 Å². The normalized spacial score (nSPS) is 10.8. The molecular weight excluding hydrogens is 492 g/mol. The molecule has 0 saturated heterocycles. The first kappa shape index (κ1) is 30.0. The standard InChI is InChI=1S/C26H36N6O6/c1-5-15-27-21(33)28(16-6-2)24(36)31(23(27)35)19-13-11-9-10-12-14-20-32-25(37)29(17-7-3)22(34)30(18-8-4)26(32)38/h5-8H,1-4,9-20H2. The highest BCUT2D eigenvalue weighted by atomic mass is 16.2. The predicted octanol–water partition coefficient (Wildman–Crippen LogP) is 0.442. The molecule has 0 aliphatic rings.